The number of hydrogen-bond donors (Lipinski definition) is 1. The van der Waals surface area contributed by atoms with Crippen molar-refractivity contribution in [2.24, 2.45) is 0 Å². The van der Waals surface area contributed by atoms with Crippen LogP contribution in [0, 0.1) is 0 Å². The largest absolute Gasteiger partial charge is 0.478 e. The number of carboxylic acids is 1. The molecule has 0 atom stereocenters. The van der Waals surface area contributed by atoms with Crippen LogP contribution in [0.1, 0.15) is 28.4 Å². The maximum Gasteiger partial charge on any atom is 0.335 e. The van der Waals surface area contributed by atoms with E-state index < -0.39 is 5.97 Å². The van der Waals surface area contributed by atoms with Crippen molar-refractivity contribution >= 4 is 5.97 Å². The second-order valence-corrected chi connectivity index (χ2v) is 4.66. The van der Waals surface area contributed by atoms with Gasteiger partial charge in [-0.25, -0.2) is 4.79 Å². The van der Waals surface area contributed by atoms with E-state index in [4.69, 9.17) is 5.11 Å². The molecule has 0 fully saturated rings. The maximum atomic E-state index is 11.0. The van der Waals surface area contributed by atoms with Crippen LogP contribution in [0.15, 0.2) is 48.8 Å². The molecule has 0 bridgehead atoms. The fraction of sp³-hybridized carbons (Fsp3) is 0.250. The molecule has 0 saturated carbocycles. The molecule has 0 spiro atoms. The van der Waals surface area contributed by atoms with E-state index in [0.717, 1.165) is 25.2 Å². The smallest absolute Gasteiger partial charge is 0.335 e. The molecule has 0 radical (unpaired) electrons. The standard InChI is InChI=1S/C16H18N2O2/c1-2-18(11-13-6-8-17-9-7-13)12-14-4-3-5-15(10-14)16(19)20/h3-10H,2,11-12H2,1H3,(H,19,20). The van der Waals surface area contributed by atoms with Crippen LogP contribution in [0.25, 0.3) is 0 Å². The highest BCUT2D eigenvalue weighted by atomic mass is 16.4. The Bertz CT molecular complexity index is 570. The molecule has 0 amide bonds. The van der Waals surface area contributed by atoms with Crippen LogP contribution in [0.2, 0.25) is 0 Å². The maximum absolute atomic E-state index is 11.0. The van der Waals surface area contributed by atoms with Gasteiger partial charge in [-0.15, -0.1) is 0 Å². The minimum atomic E-state index is -0.885. The number of benzene rings is 1. The van der Waals surface area contributed by atoms with Crippen molar-refractivity contribution in [2.75, 3.05) is 6.54 Å². The minimum absolute atomic E-state index is 0.336. The lowest BCUT2D eigenvalue weighted by molar-refractivity contribution is 0.0696. The van der Waals surface area contributed by atoms with Gasteiger partial charge in [-0.3, -0.25) is 9.88 Å². The van der Waals surface area contributed by atoms with E-state index >= 15 is 0 Å². The molecule has 1 N–H and O–H groups in total. The Labute approximate surface area is 118 Å². The number of aromatic nitrogens is 1. The molecule has 0 saturated heterocycles. The summed E-state index contributed by atoms with van der Waals surface area (Å²) in [5, 5.41) is 9.02. The Morgan fingerprint density at radius 1 is 1.15 bits per heavy atom. The molecule has 0 aliphatic rings. The van der Waals surface area contributed by atoms with Crippen molar-refractivity contribution in [3.63, 3.8) is 0 Å². The molecule has 0 aliphatic carbocycles. The molecule has 2 rings (SSSR count). The van der Waals surface area contributed by atoms with Crippen LogP contribution in [-0.4, -0.2) is 27.5 Å². The number of nitrogens with zero attached hydrogens (tertiary/aromatic N) is 2. The monoisotopic (exact) mass is 270 g/mol. The molecule has 4 heteroatoms. The van der Waals surface area contributed by atoms with Gasteiger partial charge in [-0.2, -0.15) is 0 Å². The summed E-state index contributed by atoms with van der Waals surface area (Å²) in [4.78, 5) is 17.2. The first-order valence-electron chi connectivity index (χ1n) is 6.62. The van der Waals surface area contributed by atoms with Crippen LogP contribution in [0.5, 0.6) is 0 Å². The second kappa shape index (κ2) is 6.82. The minimum Gasteiger partial charge on any atom is -0.478 e. The summed E-state index contributed by atoms with van der Waals surface area (Å²) in [6.45, 7) is 4.57. The van der Waals surface area contributed by atoms with Crippen molar-refractivity contribution in [3.8, 4) is 0 Å². The molecule has 1 aromatic carbocycles. The van der Waals surface area contributed by atoms with E-state index in [1.165, 1.54) is 5.56 Å². The van der Waals surface area contributed by atoms with Gasteiger partial charge in [0.25, 0.3) is 0 Å². The van der Waals surface area contributed by atoms with E-state index in [1.807, 2.05) is 18.2 Å². The predicted octanol–water partition coefficient (Wildman–Crippen LogP) is 2.80. The molecular formula is C16H18N2O2. The zero-order valence-electron chi connectivity index (χ0n) is 11.5. The third-order valence-corrected chi connectivity index (χ3v) is 3.18. The van der Waals surface area contributed by atoms with Crippen LogP contribution in [-0.2, 0) is 13.1 Å². The third-order valence-electron chi connectivity index (χ3n) is 3.18. The molecule has 20 heavy (non-hydrogen) atoms. The molecule has 104 valence electrons. The molecule has 1 heterocycles. The lowest BCUT2D eigenvalue weighted by Gasteiger charge is -2.20. The summed E-state index contributed by atoms with van der Waals surface area (Å²) < 4.78 is 0. The summed E-state index contributed by atoms with van der Waals surface area (Å²) in [5.41, 5.74) is 2.56. The topological polar surface area (TPSA) is 53.4 Å². The first-order chi connectivity index (χ1) is 9.69. The fourth-order valence-electron chi connectivity index (χ4n) is 2.09. The quantitative estimate of drug-likeness (QED) is 0.877. The summed E-state index contributed by atoms with van der Waals surface area (Å²) in [6, 6.07) is 11.1. The van der Waals surface area contributed by atoms with Crippen LogP contribution in [0.3, 0.4) is 0 Å². The Morgan fingerprint density at radius 2 is 1.85 bits per heavy atom. The van der Waals surface area contributed by atoms with Crippen LogP contribution in [0.4, 0.5) is 0 Å². The number of pyridine rings is 1. The summed E-state index contributed by atoms with van der Waals surface area (Å²) >= 11 is 0. The Morgan fingerprint density at radius 3 is 2.50 bits per heavy atom. The van der Waals surface area contributed by atoms with Gasteiger partial charge in [0.2, 0.25) is 0 Å². The van der Waals surface area contributed by atoms with Crippen molar-refractivity contribution in [1.82, 2.24) is 9.88 Å². The SMILES string of the molecule is CCN(Cc1ccncc1)Cc1cccc(C(=O)O)c1. The van der Waals surface area contributed by atoms with Crippen molar-refractivity contribution in [3.05, 3.63) is 65.5 Å². The molecule has 2 aromatic rings. The van der Waals surface area contributed by atoms with E-state index in [1.54, 1.807) is 30.6 Å². The van der Waals surface area contributed by atoms with Gasteiger partial charge in [0.05, 0.1) is 5.56 Å². The average molecular weight is 270 g/mol. The highest BCUT2D eigenvalue weighted by molar-refractivity contribution is 5.87. The highest BCUT2D eigenvalue weighted by Gasteiger charge is 2.07. The van der Waals surface area contributed by atoms with Gasteiger partial charge >= 0.3 is 5.97 Å². The lowest BCUT2D eigenvalue weighted by Crippen LogP contribution is -2.22. The zero-order chi connectivity index (χ0) is 14.4. The van der Waals surface area contributed by atoms with Gasteiger partial charge in [-0.05, 0) is 41.9 Å². The normalized spacial score (nSPS) is 10.7. The van der Waals surface area contributed by atoms with Gasteiger partial charge in [0.1, 0.15) is 0 Å². The van der Waals surface area contributed by atoms with Gasteiger partial charge in [0.15, 0.2) is 0 Å². The first-order valence-corrected chi connectivity index (χ1v) is 6.62. The van der Waals surface area contributed by atoms with Crippen LogP contribution < -0.4 is 0 Å². The zero-order valence-corrected chi connectivity index (χ0v) is 11.5. The third kappa shape index (κ3) is 3.90. The van der Waals surface area contributed by atoms with Gasteiger partial charge in [0, 0.05) is 25.5 Å². The summed E-state index contributed by atoms with van der Waals surface area (Å²) in [7, 11) is 0. The Hall–Kier alpha value is -2.20. The summed E-state index contributed by atoms with van der Waals surface area (Å²) in [5.74, 6) is -0.885. The molecule has 4 nitrogen and oxygen atoms in total. The van der Waals surface area contributed by atoms with Gasteiger partial charge < -0.3 is 5.11 Å². The number of carbonyl (C=O) groups is 1. The van der Waals surface area contributed by atoms with E-state index in [0.29, 0.717) is 5.56 Å². The first kappa shape index (κ1) is 14.2. The van der Waals surface area contributed by atoms with Crippen molar-refractivity contribution in [2.45, 2.75) is 20.0 Å². The summed E-state index contributed by atoms with van der Waals surface area (Å²) in [6.07, 6.45) is 3.57. The van der Waals surface area contributed by atoms with Crippen molar-refractivity contribution in [1.29, 1.82) is 0 Å². The van der Waals surface area contributed by atoms with E-state index in [9.17, 15) is 4.79 Å². The van der Waals surface area contributed by atoms with E-state index in [2.05, 4.69) is 16.8 Å². The average Bonchev–Trinajstić information content (AvgIpc) is 2.48. The van der Waals surface area contributed by atoms with Gasteiger partial charge in [-0.1, -0.05) is 19.1 Å². The molecular weight excluding hydrogens is 252 g/mol. The number of hydrogen-bond acceptors (Lipinski definition) is 3. The number of aromatic carboxylic acids is 1. The molecule has 0 aliphatic heterocycles. The fourth-order valence-corrected chi connectivity index (χ4v) is 2.09. The Balaban J connectivity index is 2.06. The number of carboxylic acid groups (broad SMARTS) is 1. The highest BCUT2D eigenvalue weighted by Crippen LogP contribution is 2.11. The lowest BCUT2D eigenvalue weighted by atomic mass is 10.1. The van der Waals surface area contributed by atoms with Crippen LogP contribution >= 0.6 is 0 Å². The van der Waals surface area contributed by atoms with Crippen molar-refractivity contribution < 1.29 is 9.90 Å². The number of rotatable bonds is 6. The molecule has 1 aromatic heterocycles. The Kier molecular flexibility index (Phi) is 4.85. The molecule has 0 unspecified atom stereocenters. The van der Waals surface area contributed by atoms with E-state index in [-0.39, 0.29) is 0 Å². The predicted molar refractivity (Wildman–Crippen MR) is 77.4 cm³/mol. The second-order valence-electron chi connectivity index (χ2n) is 4.66.